The third kappa shape index (κ3) is 3.16. The van der Waals surface area contributed by atoms with Gasteiger partial charge in [0.1, 0.15) is 5.69 Å². The summed E-state index contributed by atoms with van der Waals surface area (Å²) >= 11 is 5.73. The van der Waals surface area contributed by atoms with Crippen LogP contribution in [0.4, 0.5) is 11.4 Å². The molecule has 1 heterocycles. The van der Waals surface area contributed by atoms with Crippen molar-refractivity contribution in [3.05, 3.63) is 33.9 Å². The average molecular weight is 285 g/mol. The summed E-state index contributed by atoms with van der Waals surface area (Å²) in [5.41, 5.74) is 1.51. The molecule has 1 aromatic rings. The van der Waals surface area contributed by atoms with Gasteiger partial charge in [0, 0.05) is 25.0 Å². The SMILES string of the molecule is CC1CN(c2ccc(CCl)cc2[N+](=O)[O-])CC(C)O1. The fourth-order valence-corrected chi connectivity index (χ4v) is 2.61. The van der Waals surface area contributed by atoms with E-state index in [4.69, 9.17) is 16.3 Å². The second-order valence-corrected chi connectivity index (χ2v) is 5.14. The highest BCUT2D eigenvalue weighted by Crippen LogP contribution is 2.31. The maximum atomic E-state index is 11.2. The predicted octanol–water partition coefficient (Wildman–Crippen LogP) is 2.95. The fraction of sp³-hybridized carbons (Fsp3) is 0.538. The van der Waals surface area contributed by atoms with Gasteiger partial charge in [-0.3, -0.25) is 10.1 Å². The van der Waals surface area contributed by atoms with Crippen LogP contribution in [0.15, 0.2) is 18.2 Å². The minimum Gasteiger partial charge on any atom is -0.372 e. The van der Waals surface area contributed by atoms with Crippen molar-refractivity contribution in [2.45, 2.75) is 31.9 Å². The van der Waals surface area contributed by atoms with E-state index < -0.39 is 0 Å². The Morgan fingerprint density at radius 3 is 2.58 bits per heavy atom. The summed E-state index contributed by atoms with van der Waals surface area (Å²) in [6.07, 6.45) is 0.132. The van der Waals surface area contributed by atoms with Crippen LogP contribution in [-0.2, 0) is 10.6 Å². The first-order valence-corrected chi connectivity index (χ1v) is 6.78. The summed E-state index contributed by atoms with van der Waals surface area (Å²) in [6.45, 7) is 5.26. The number of nitro benzene ring substituents is 1. The van der Waals surface area contributed by atoms with Crippen LogP contribution in [0, 0.1) is 10.1 Å². The molecule has 104 valence electrons. The van der Waals surface area contributed by atoms with Crippen LogP contribution in [0.3, 0.4) is 0 Å². The molecule has 19 heavy (non-hydrogen) atoms. The van der Waals surface area contributed by atoms with Crippen molar-refractivity contribution in [2.75, 3.05) is 18.0 Å². The zero-order valence-electron chi connectivity index (χ0n) is 11.0. The molecule has 5 nitrogen and oxygen atoms in total. The lowest BCUT2D eigenvalue weighted by Gasteiger charge is -2.36. The molecular weight excluding hydrogens is 268 g/mol. The van der Waals surface area contributed by atoms with Gasteiger partial charge >= 0.3 is 0 Å². The zero-order valence-corrected chi connectivity index (χ0v) is 11.8. The molecule has 0 amide bonds. The van der Waals surface area contributed by atoms with Crippen molar-refractivity contribution in [3.63, 3.8) is 0 Å². The Hall–Kier alpha value is -1.33. The number of morpholine rings is 1. The molecule has 0 bridgehead atoms. The van der Waals surface area contributed by atoms with Crippen LogP contribution in [-0.4, -0.2) is 30.2 Å². The summed E-state index contributed by atoms with van der Waals surface area (Å²) in [6, 6.07) is 5.16. The van der Waals surface area contributed by atoms with E-state index in [0.717, 1.165) is 5.56 Å². The van der Waals surface area contributed by atoms with Crippen LogP contribution < -0.4 is 4.90 Å². The lowest BCUT2D eigenvalue weighted by atomic mass is 10.1. The van der Waals surface area contributed by atoms with Gasteiger partial charge in [0.05, 0.1) is 17.1 Å². The number of rotatable bonds is 3. The molecular formula is C13H17ClN2O3. The smallest absolute Gasteiger partial charge is 0.292 e. The number of anilines is 1. The highest BCUT2D eigenvalue weighted by atomic mass is 35.5. The van der Waals surface area contributed by atoms with E-state index in [-0.39, 0.29) is 28.7 Å². The maximum absolute atomic E-state index is 11.2. The highest BCUT2D eigenvalue weighted by Gasteiger charge is 2.27. The van der Waals surface area contributed by atoms with Crippen LogP contribution in [0.1, 0.15) is 19.4 Å². The Bertz CT molecular complexity index is 471. The molecule has 2 rings (SSSR count). The van der Waals surface area contributed by atoms with E-state index in [9.17, 15) is 10.1 Å². The second kappa shape index (κ2) is 5.75. The summed E-state index contributed by atoms with van der Waals surface area (Å²) < 4.78 is 5.65. The van der Waals surface area contributed by atoms with Crippen molar-refractivity contribution in [2.24, 2.45) is 0 Å². The molecule has 0 N–H and O–H groups in total. The highest BCUT2D eigenvalue weighted by molar-refractivity contribution is 6.17. The number of alkyl halides is 1. The van der Waals surface area contributed by atoms with Gasteiger partial charge < -0.3 is 9.64 Å². The van der Waals surface area contributed by atoms with Gasteiger partial charge in [-0.2, -0.15) is 0 Å². The minimum atomic E-state index is -0.351. The molecule has 1 aliphatic rings. The van der Waals surface area contributed by atoms with Gasteiger partial charge in [0.15, 0.2) is 0 Å². The standard InChI is InChI=1S/C13H17ClN2O3/c1-9-7-15(8-10(2)19-9)12-4-3-11(6-14)5-13(12)16(17)18/h3-5,9-10H,6-8H2,1-2H3. The van der Waals surface area contributed by atoms with Gasteiger partial charge in [-0.1, -0.05) is 6.07 Å². The first-order chi connectivity index (χ1) is 9.01. The first kappa shape index (κ1) is 14.1. The third-order valence-electron chi connectivity index (χ3n) is 3.15. The number of ether oxygens (including phenoxy) is 1. The molecule has 0 spiro atoms. The molecule has 1 aliphatic heterocycles. The molecule has 1 fully saturated rings. The quantitative estimate of drug-likeness (QED) is 0.486. The van der Waals surface area contributed by atoms with E-state index in [2.05, 4.69) is 0 Å². The van der Waals surface area contributed by atoms with Gasteiger partial charge in [-0.25, -0.2) is 0 Å². The molecule has 2 atom stereocenters. The normalized spacial score (nSPS) is 23.4. The summed E-state index contributed by atoms with van der Waals surface area (Å²) in [5.74, 6) is 0.275. The monoisotopic (exact) mass is 284 g/mol. The predicted molar refractivity (Wildman–Crippen MR) is 74.9 cm³/mol. The summed E-state index contributed by atoms with van der Waals surface area (Å²) in [5, 5.41) is 11.2. The zero-order chi connectivity index (χ0) is 14.0. The molecule has 0 aromatic heterocycles. The molecule has 0 aliphatic carbocycles. The largest absolute Gasteiger partial charge is 0.372 e. The maximum Gasteiger partial charge on any atom is 0.292 e. The Kier molecular flexibility index (Phi) is 4.27. The molecule has 6 heteroatoms. The van der Waals surface area contributed by atoms with Crippen molar-refractivity contribution in [1.82, 2.24) is 0 Å². The first-order valence-electron chi connectivity index (χ1n) is 6.25. The van der Waals surface area contributed by atoms with Gasteiger partial charge in [-0.15, -0.1) is 11.6 Å². The van der Waals surface area contributed by atoms with Gasteiger partial charge in [-0.05, 0) is 25.5 Å². The fourth-order valence-electron chi connectivity index (χ4n) is 2.44. The van der Waals surface area contributed by atoms with Crippen LogP contribution in [0.5, 0.6) is 0 Å². The van der Waals surface area contributed by atoms with Gasteiger partial charge in [0.2, 0.25) is 0 Å². The lowest BCUT2D eigenvalue weighted by Crippen LogP contribution is -2.45. The van der Waals surface area contributed by atoms with Crippen molar-refractivity contribution in [1.29, 1.82) is 0 Å². The summed E-state index contributed by atoms with van der Waals surface area (Å²) in [4.78, 5) is 12.9. The Labute approximate surface area is 117 Å². The number of hydrogen-bond acceptors (Lipinski definition) is 4. The Morgan fingerprint density at radius 2 is 2.05 bits per heavy atom. The van der Waals surface area contributed by atoms with Crippen molar-refractivity contribution >= 4 is 23.0 Å². The van der Waals surface area contributed by atoms with E-state index in [1.165, 1.54) is 0 Å². The molecule has 2 unspecified atom stereocenters. The van der Waals surface area contributed by atoms with Crippen LogP contribution >= 0.6 is 11.6 Å². The molecule has 0 saturated carbocycles. The van der Waals surface area contributed by atoms with E-state index in [1.807, 2.05) is 24.8 Å². The Morgan fingerprint density at radius 1 is 1.42 bits per heavy atom. The third-order valence-corrected chi connectivity index (χ3v) is 3.46. The number of nitrogens with zero attached hydrogens (tertiary/aromatic N) is 2. The molecule has 0 radical (unpaired) electrons. The number of halogens is 1. The van der Waals surface area contributed by atoms with E-state index in [0.29, 0.717) is 18.8 Å². The van der Waals surface area contributed by atoms with Crippen LogP contribution in [0.2, 0.25) is 0 Å². The van der Waals surface area contributed by atoms with Crippen molar-refractivity contribution < 1.29 is 9.66 Å². The van der Waals surface area contributed by atoms with Gasteiger partial charge in [0.25, 0.3) is 5.69 Å². The lowest BCUT2D eigenvalue weighted by molar-refractivity contribution is -0.384. The topological polar surface area (TPSA) is 55.6 Å². The number of nitro groups is 1. The van der Waals surface area contributed by atoms with Crippen molar-refractivity contribution in [3.8, 4) is 0 Å². The number of benzene rings is 1. The van der Waals surface area contributed by atoms with Crippen LogP contribution in [0.25, 0.3) is 0 Å². The van der Waals surface area contributed by atoms with E-state index >= 15 is 0 Å². The summed E-state index contributed by atoms with van der Waals surface area (Å²) in [7, 11) is 0. The minimum absolute atomic E-state index is 0.0658. The Balaban J connectivity index is 2.35. The second-order valence-electron chi connectivity index (χ2n) is 4.88. The average Bonchev–Trinajstić information content (AvgIpc) is 2.36. The van der Waals surface area contributed by atoms with E-state index in [1.54, 1.807) is 12.1 Å². The number of hydrogen-bond donors (Lipinski definition) is 0. The molecule has 1 saturated heterocycles. The molecule has 1 aromatic carbocycles.